The second-order valence-electron chi connectivity index (χ2n) is 8.24. The molecule has 0 aliphatic heterocycles. The monoisotopic (exact) mass is 386 g/mol. The zero-order valence-corrected chi connectivity index (χ0v) is 18.7. The number of hydrogen-bond donors (Lipinski definition) is 0. The van der Waals surface area contributed by atoms with Crippen LogP contribution in [0, 0.1) is 0 Å². The second kappa shape index (κ2) is 19.2. The smallest absolute Gasteiger partial charge is 0.100 e. The molecule has 0 spiro atoms. The second-order valence-corrected chi connectivity index (χ2v) is 8.24. The Morgan fingerprint density at radius 1 is 0.679 bits per heavy atom. The van der Waals surface area contributed by atoms with Gasteiger partial charge >= 0.3 is 0 Å². The highest BCUT2D eigenvalue weighted by atomic mass is 16.5. The molecule has 1 atom stereocenters. The van der Waals surface area contributed by atoms with Crippen LogP contribution in [0.3, 0.4) is 0 Å². The van der Waals surface area contributed by atoms with E-state index in [0.29, 0.717) is 0 Å². The minimum atomic E-state index is 0.0394. The van der Waals surface area contributed by atoms with Crippen molar-refractivity contribution >= 4 is 0 Å². The van der Waals surface area contributed by atoms with Crippen molar-refractivity contribution in [2.75, 3.05) is 6.61 Å². The van der Waals surface area contributed by atoms with Crippen LogP contribution in [0.2, 0.25) is 0 Å². The molecule has 160 valence electrons. The first-order valence-electron chi connectivity index (χ1n) is 12.2. The van der Waals surface area contributed by atoms with Crippen LogP contribution in [-0.4, -0.2) is 6.61 Å². The third-order valence-electron chi connectivity index (χ3n) is 5.64. The highest BCUT2D eigenvalue weighted by Gasteiger charge is 2.06. The summed E-state index contributed by atoms with van der Waals surface area (Å²) in [5.74, 6) is 0. The number of hydrogen-bond acceptors (Lipinski definition) is 1. The maximum absolute atomic E-state index is 5.98. The number of ether oxygens (including phenoxy) is 1. The Hall–Kier alpha value is -1.08. The van der Waals surface area contributed by atoms with Gasteiger partial charge in [0.25, 0.3) is 0 Å². The van der Waals surface area contributed by atoms with E-state index in [4.69, 9.17) is 4.74 Å². The summed E-state index contributed by atoms with van der Waals surface area (Å²) in [5, 5.41) is 0. The molecule has 0 heterocycles. The zero-order chi connectivity index (χ0) is 20.1. The van der Waals surface area contributed by atoms with Gasteiger partial charge in [0.1, 0.15) is 6.10 Å². The Labute approximate surface area is 176 Å². The van der Waals surface area contributed by atoms with E-state index in [9.17, 15) is 0 Å². The van der Waals surface area contributed by atoms with Gasteiger partial charge in [0, 0.05) is 6.61 Å². The van der Waals surface area contributed by atoms with Crippen molar-refractivity contribution in [1.29, 1.82) is 0 Å². The molecule has 0 N–H and O–H groups in total. The average molecular weight is 387 g/mol. The van der Waals surface area contributed by atoms with Gasteiger partial charge in [-0.25, -0.2) is 0 Å². The maximum atomic E-state index is 5.98. The van der Waals surface area contributed by atoms with Crippen LogP contribution in [0.25, 0.3) is 0 Å². The van der Waals surface area contributed by atoms with Crippen LogP contribution in [-0.2, 0) is 4.74 Å². The summed E-state index contributed by atoms with van der Waals surface area (Å²) < 4.78 is 5.98. The van der Waals surface area contributed by atoms with Crippen molar-refractivity contribution in [2.24, 2.45) is 0 Å². The maximum Gasteiger partial charge on any atom is 0.100 e. The number of benzene rings is 1. The lowest BCUT2D eigenvalue weighted by atomic mass is 10.0. The van der Waals surface area contributed by atoms with E-state index in [1.165, 1.54) is 102 Å². The minimum absolute atomic E-state index is 0.0394. The molecule has 0 radical (unpaired) electrons. The molecule has 0 amide bonds. The molecule has 0 saturated heterocycles. The molecule has 0 fully saturated rings. The van der Waals surface area contributed by atoms with Crippen LogP contribution >= 0.6 is 0 Å². The average Bonchev–Trinajstić information content (AvgIpc) is 2.73. The van der Waals surface area contributed by atoms with Crippen molar-refractivity contribution in [3.63, 3.8) is 0 Å². The van der Waals surface area contributed by atoms with Gasteiger partial charge in [-0.1, -0.05) is 140 Å². The third kappa shape index (κ3) is 14.0. The van der Waals surface area contributed by atoms with E-state index in [1.807, 2.05) is 12.1 Å². The fourth-order valence-corrected chi connectivity index (χ4v) is 3.80. The molecule has 28 heavy (non-hydrogen) atoms. The minimum Gasteiger partial charge on any atom is -0.369 e. The van der Waals surface area contributed by atoms with Crippen LogP contribution < -0.4 is 0 Å². The fraction of sp³-hybridized carbons (Fsp3) is 0.704. The molecule has 0 bridgehead atoms. The van der Waals surface area contributed by atoms with Crippen molar-refractivity contribution in [3.05, 3.63) is 48.6 Å². The van der Waals surface area contributed by atoms with Gasteiger partial charge in [-0.15, -0.1) is 6.58 Å². The largest absolute Gasteiger partial charge is 0.369 e. The summed E-state index contributed by atoms with van der Waals surface area (Å²) in [6, 6.07) is 10.4. The lowest BCUT2D eigenvalue weighted by Gasteiger charge is -2.14. The Morgan fingerprint density at radius 3 is 1.54 bits per heavy atom. The molecular formula is C27H46O. The first-order chi connectivity index (χ1) is 13.9. The molecule has 1 nitrogen and oxygen atoms in total. The lowest BCUT2D eigenvalue weighted by molar-refractivity contribution is 0.0821. The highest BCUT2D eigenvalue weighted by Crippen LogP contribution is 2.19. The molecule has 0 aromatic heterocycles. The Kier molecular flexibility index (Phi) is 17.2. The molecule has 1 heteroatoms. The third-order valence-corrected chi connectivity index (χ3v) is 5.64. The van der Waals surface area contributed by atoms with Crippen LogP contribution in [0.4, 0.5) is 0 Å². The summed E-state index contributed by atoms with van der Waals surface area (Å²) in [5.41, 5.74) is 1.20. The fourth-order valence-electron chi connectivity index (χ4n) is 3.80. The van der Waals surface area contributed by atoms with Crippen LogP contribution in [0.1, 0.15) is 121 Å². The van der Waals surface area contributed by atoms with Gasteiger partial charge in [-0.05, 0) is 12.0 Å². The molecular weight excluding hydrogens is 340 g/mol. The normalized spacial score (nSPS) is 12.2. The van der Waals surface area contributed by atoms with Gasteiger partial charge in [0.05, 0.1) is 0 Å². The lowest BCUT2D eigenvalue weighted by Crippen LogP contribution is -2.02. The summed E-state index contributed by atoms with van der Waals surface area (Å²) in [6.07, 6.45) is 24.4. The first-order valence-corrected chi connectivity index (χ1v) is 12.2. The van der Waals surface area contributed by atoms with E-state index in [-0.39, 0.29) is 6.10 Å². The summed E-state index contributed by atoms with van der Waals surface area (Å²) in [4.78, 5) is 0. The molecule has 0 aliphatic carbocycles. The Morgan fingerprint density at radius 2 is 1.11 bits per heavy atom. The Balaban J connectivity index is 1.80. The number of rotatable bonds is 20. The van der Waals surface area contributed by atoms with E-state index >= 15 is 0 Å². The van der Waals surface area contributed by atoms with Crippen molar-refractivity contribution in [3.8, 4) is 0 Å². The molecule has 1 unspecified atom stereocenters. The molecule has 0 saturated carbocycles. The van der Waals surface area contributed by atoms with Crippen LogP contribution in [0.5, 0.6) is 0 Å². The predicted octanol–water partition coefficient (Wildman–Crippen LogP) is 9.19. The zero-order valence-electron chi connectivity index (χ0n) is 18.7. The molecule has 0 aliphatic rings. The van der Waals surface area contributed by atoms with E-state index in [0.717, 1.165) is 13.0 Å². The molecule has 1 rings (SSSR count). The first kappa shape index (κ1) is 25.0. The van der Waals surface area contributed by atoms with Gasteiger partial charge in [-0.3, -0.25) is 0 Å². The summed E-state index contributed by atoms with van der Waals surface area (Å²) >= 11 is 0. The van der Waals surface area contributed by atoms with Crippen molar-refractivity contribution < 1.29 is 4.74 Å². The van der Waals surface area contributed by atoms with Gasteiger partial charge in [0.2, 0.25) is 0 Å². The summed E-state index contributed by atoms with van der Waals surface area (Å²) in [7, 11) is 0. The molecule has 1 aromatic rings. The van der Waals surface area contributed by atoms with E-state index in [2.05, 4.69) is 37.8 Å². The molecule has 1 aromatic carbocycles. The number of unbranched alkanes of at least 4 members (excludes halogenated alkanes) is 15. The highest BCUT2D eigenvalue weighted by molar-refractivity contribution is 5.20. The van der Waals surface area contributed by atoms with E-state index < -0.39 is 0 Å². The standard InChI is InChI=1S/C27H46O/c1-3-5-6-7-8-9-10-11-12-13-14-15-16-17-18-22-25-28-27(4-2)26-23-20-19-21-24-26/h4,19-21,23-24,27H,2-3,5-18,22,25H2,1H3. The topological polar surface area (TPSA) is 9.23 Å². The SMILES string of the molecule is C=CC(OCCCCCCCCCCCCCCCCCC)c1ccccc1. The predicted molar refractivity (Wildman–Crippen MR) is 125 cm³/mol. The van der Waals surface area contributed by atoms with Gasteiger partial charge in [0.15, 0.2) is 0 Å². The summed E-state index contributed by atoms with van der Waals surface area (Å²) in [6.45, 7) is 7.04. The van der Waals surface area contributed by atoms with Crippen molar-refractivity contribution in [1.82, 2.24) is 0 Å². The van der Waals surface area contributed by atoms with Gasteiger partial charge < -0.3 is 4.74 Å². The van der Waals surface area contributed by atoms with Crippen LogP contribution in [0.15, 0.2) is 43.0 Å². The van der Waals surface area contributed by atoms with Gasteiger partial charge in [-0.2, -0.15) is 0 Å². The van der Waals surface area contributed by atoms with E-state index in [1.54, 1.807) is 0 Å². The quantitative estimate of drug-likeness (QED) is 0.160. The van der Waals surface area contributed by atoms with Crippen molar-refractivity contribution in [2.45, 2.75) is 116 Å². The Bertz CT molecular complexity index is 439.